The molecule has 0 heterocycles. The van der Waals surface area contributed by atoms with Crippen LogP contribution in [0, 0.1) is 11.8 Å². The van der Waals surface area contributed by atoms with Gasteiger partial charge in [-0.05, 0) is 76.1 Å². The molecule has 0 aliphatic carbocycles. The second kappa shape index (κ2) is 15.0. The highest BCUT2D eigenvalue weighted by Crippen LogP contribution is 2.21. The van der Waals surface area contributed by atoms with Gasteiger partial charge >= 0.3 is 6.09 Å². The Balaban J connectivity index is 1.92. The summed E-state index contributed by atoms with van der Waals surface area (Å²) in [4.78, 5) is 24.0. The number of hydroxylamine groups is 1. The minimum atomic E-state index is -3.81. The van der Waals surface area contributed by atoms with Gasteiger partial charge in [-0.25, -0.2) is 18.7 Å². The molecule has 1 unspecified atom stereocenters. The number of alkyl carbamates (subject to hydrolysis) is 1. The van der Waals surface area contributed by atoms with Gasteiger partial charge in [0, 0.05) is 6.54 Å². The molecule has 0 aliphatic heterocycles. The summed E-state index contributed by atoms with van der Waals surface area (Å²) in [5.74, 6) is 5.05. The molecule has 39 heavy (non-hydrogen) atoms. The normalized spacial score (nSPS) is 11.9. The fourth-order valence-corrected chi connectivity index (χ4v) is 4.26. The van der Waals surface area contributed by atoms with Gasteiger partial charge in [0.1, 0.15) is 35.6 Å². The molecule has 0 bridgehead atoms. The zero-order valence-electron chi connectivity index (χ0n) is 22.4. The number of sulfone groups is 1. The van der Waals surface area contributed by atoms with E-state index in [2.05, 4.69) is 22.5 Å². The molecule has 0 saturated carbocycles. The average molecular weight is 562 g/mol. The van der Waals surface area contributed by atoms with Crippen molar-refractivity contribution < 1.29 is 37.4 Å². The molecule has 0 spiro atoms. The van der Waals surface area contributed by atoms with Crippen molar-refractivity contribution in [2.24, 2.45) is 0 Å². The number of rotatable bonds is 13. The molecule has 0 fully saturated rings. The zero-order chi connectivity index (χ0) is 28.9. The Morgan fingerprint density at radius 1 is 1.00 bits per heavy atom. The number of amides is 2. The van der Waals surface area contributed by atoms with Crippen molar-refractivity contribution >= 4 is 21.8 Å². The van der Waals surface area contributed by atoms with Gasteiger partial charge in [-0.15, -0.1) is 5.92 Å². The third-order valence-corrected chi connectivity index (χ3v) is 6.53. The molecule has 1 atom stereocenters. The van der Waals surface area contributed by atoms with Gasteiger partial charge in [-0.1, -0.05) is 18.1 Å². The summed E-state index contributed by atoms with van der Waals surface area (Å²) in [6, 6.07) is 11.1. The summed E-state index contributed by atoms with van der Waals surface area (Å²) >= 11 is 0. The van der Waals surface area contributed by atoms with Crippen LogP contribution in [0.1, 0.15) is 45.7 Å². The van der Waals surface area contributed by atoms with Crippen LogP contribution in [0.4, 0.5) is 4.79 Å². The number of carbonyl (C=O) groups excluding carboxylic acids is 2. The minimum absolute atomic E-state index is 0.0389. The number of nitrogens with one attached hydrogen (secondary N) is 3. The van der Waals surface area contributed by atoms with Crippen molar-refractivity contribution in [1.82, 2.24) is 16.1 Å². The highest BCUT2D eigenvalue weighted by atomic mass is 32.2. The van der Waals surface area contributed by atoms with Crippen molar-refractivity contribution in [3.63, 3.8) is 0 Å². The lowest BCUT2D eigenvalue weighted by Crippen LogP contribution is -2.38. The van der Waals surface area contributed by atoms with Crippen molar-refractivity contribution in [1.29, 1.82) is 0 Å². The third kappa shape index (κ3) is 11.2. The number of hydrogen-bond acceptors (Lipinski definition) is 9. The summed E-state index contributed by atoms with van der Waals surface area (Å²) in [7, 11) is -3.81. The largest absolute Gasteiger partial charge is 0.494 e. The van der Waals surface area contributed by atoms with Crippen LogP contribution in [0.3, 0.4) is 0 Å². The van der Waals surface area contributed by atoms with Crippen LogP contribution >= 0.6 is 0 Å². The first-order chi connectivity index (χ1) is 18.4. The highest BCUT2D eigenvalue weighted by Gasteiger charge is 2.24. The number of carbonyl (C=O) groups is 2. The molecule has 12 heteroatoms. The van der Waals surface area contributed by atoms with Crippen LogP contribution in [-0.4, -0.2) is 56.9 Å². The van der Waals surface area contributed by atoms with E-state index in [0.717, 1.165) is 0 Å². The molecule has 0 aliphatic rings. The standard InChI is InChI=1S/C27H35N3O8S/c1-5-6-17-36-22-12-14-23(15-13-22)39(34,35)19-29-24(25(31)30-33)20-8-10-21(11-9-20)37-18-7-16-28-26(32)38-27(2,3)4/h8-15,24,29,33H,7,16-19H2,1-4H3,(H,28,32)(H,30,31). The van der Waals surface area contributed by atoms with E-state index in [9.17, 15) is 23.2 Å². The Morgan fingerprint density at radius 2 is 1.62 bits per heavy atom. The summed E-state index contributed by atoms with van der Waals surface area (Å²) in [6.07, 6.45) is 0.0360. The first-order valence-electron chi connectivity index (χ1n) is 12.2. The third-order valence-electron chi connectivity index (χ3n) is 4.99. The molecule has 0 saturated heterocycles. The van der Waals surface area contributed by atoms with E-state index < -0.39 is 39.4 Å². The van der Waals surface area contributed by atoms with Gasteiger partial charge in [-0.2, -0.15) is 0 Å². The van der Waals surface area contributed by atoms with E-state index in [1.165, 1.54) is 24.3 Å². The quantitative estimate of drug-likeness (QED) is 0.125. The Morgan fingerprint density at radius 3 is 2.21 bits per heavy atom. The minimum Gasteiger partial charge on any atom is -0.494 e. The monoisotopic (exact) mass is 561 g/mol. The Kier molecular flexibility index (Phi) is 12.1. The SMILES string of the molecule is CC#CCOc1ccc(S(=O)(=O)CNC(C(=O)NO)c2ccc(OCCCNC(=O)OC(C)(C)C)cc2)cc1. The first-order valence-corrected chi connectivity index (χ1v) is 13.8. The molecule has 2 amide bonds. The van der Waals surface area contributed by atoms with Gasteiger partial charge in [-0.3, -0.25) is 15.3 Å². The van der Waals surface area contributed by atoms with Crippen LogP contribution in [0.15, 0.2) is 53.4 Å². The molecule has 0 aromatic heterocycles. The first kappa shape index (κ1) is 31.4. The summed E-state index contributed by atoms with van der Waals surface area (Å²) < 4.78 is 41.8. The summed E-state index contributed by atoms with van der Waals surface area (Å²) in [5, 5.41) is 14.5. The Hall–Kier alpha value is -3.79. The van der Waals surface area contributed by atoms with Crippen LogP contribution in [-0.2, 0) is 19.4 Å². The Labute approximate surface area is 229 Å². The maximum absolute atomic E-state index is 12.8. The Bertz CT molecular complexity index is 1250. The van der Waals surface area contributed by atoms with E-state index in [4.69, 9.17) is 14.2 Å². The fourth-order valence-electron chi connectivity index (χ4n) is 3.16. The molecular weight excluding hydrogens is 526 g/mol. The molecule has 212 valence electrons. The maximum atomic E-state index is 12.8. The van der Waals surface area contributed by atoms with E-state index in [0.29, 0.717) is 36.6 Å². The van der Waals surface area contributed by atoms with Crippen molar-refractivity contribution in [2.45, 2.75) is 50.7 Å². The van der Waals surface area contributed by atoms with Gasteiger partial charge in [0.2, 0.25) is 0 Å². The molecule has 11 nitrogen and oxygen atoms in total. The molecule has 2 aromatic rings. The van der Waals surface area contributed by atoms with Crippen molar-refractivity contribution in [3.05, 3.63) is 54.1 Å². The van der Waals surface area contributed by atoms with Crippen LogP contribution in [0.25, 0.3) is 0 Å². The lowest BCUT2D eigenvalue weighted by atomic mass is 10.1. The van der Waals surface area contributed by atoms with Crippen LogP contribution in [0.2, 0.25) is 0 Å². The van der Waals surface area contributed by atoms with E-state index >= 15 is 0 Å². The second-order valence-corrected chi connectivity index (χ2v) is 11.2. The average Bonchev–Trinajstić information content (AvgIpc) is 2.88. The number of ether oxygens (including phenoxy) is 3. The molecule has 2 aromatic carbocycles. The van der Waals surface area contributed by atoms with Gasteiger partial charge in [0.15, 0.2) is 9.84 Å². The predicted octanol–water partition coefficient (Wildman–Crippen LogP) is 2.95. The van der Waals surface area contributed by atoms with Crippen LogP contribution in [0.5, 0.6) is 11.5 Å². The lowest BCUT2D eigenvalue weighted by Gasteiger charge is -2.19. The smallest absolute Gasteiger partial charge is 0.407 e. The molecular formula is C27H35N3O8S. The van der Waals surface area contributed by atoms with Crippen LogP contribution < -0.4 is 25.6 Å². The lowest BCUT2D eigenvalue weighted by molar-refractivity contribution is -0.131. The predicted molar refractivity (Wildman–Crippen MR) is 144 cm³/mol. The second-order valence-electron chi connectivity index (χ2n) is 9.26. The fraction of sp³-hybridized carbons (Fsp3) is 0.407. The van der Waals surface area contributed by atoms with Gasteiger partial charge < -0.3 is 19.5 Å². The maximum Gasteiger partial charge on any atom is 0.407 e. The molecule has 4 N–H and O–H groups in total. The number of benzene rings is 2. The number of hydrogen-bond donors (Lipinski definition) is 4. The van der Waals surface area contributed by atoms with E-state index in [-0.39, 0.29) is 11.5 Å². The van der Waals surface area contributed by atoms with E-state index in [1.807, 2.05) is 0 Å². The molecule has 0 radical (unpaired) electrons. The summed E-state index contributed by atoms with van der Waals surface area (Å²) in [5.41, 5.74) is 1.40. The molecule has 2 rings (SSSR count). The van der Waals surface area contributed by atoms with Crippen molar-refractivity contribution in [2.75, 3.05) is 25.6 Å². The highest BCUT2D eigenvalue weighted by molar-refractivity contribution is 7.91. The van der Waals surface area contributed by atoms with E-state index in [1.54, 1.807) is 57.4 Å². The van der Waals surface area contributed by atoms with Crippen molar-refractivity contribution in [3.8, 4) is 23.3 Å². The zero-order valence-corrected chi connectivity index (χ0v) is 23.3. The summed E-state index contributed by atoms with van der Waals surface area (Å²) in [6.45, 7) is 7.91. The topological polar surface area (TPSA) is 152 Å². The van der Waals surface area contributed by atoms with Gasteiger partial charge in [0.05, 0.1) is 11.5 Å². The van der Waals surface area contributed by atoms with Gasteiger partial charge in [0.25, 0.3) is 5.91 Å².